The summed E-state index contributed by atoms with van der Waals surface area (Å²) in [5, 5.41) is 0. The summed E-state index contributed by atoms with van der Waals surface area (Å²) in [6.07, 6.45) is 2.74. The summed E-state index contributed by atoms with van der Waals surface area (Å²) in [4.78, 5) is 3.81. The number of hydrogen-bond donors (Lipinski definition) is 0. The predicted octanol–water partition coefficient (Wildman–Crippen LogP) is 2.90. The number of rotatable bonds is 2. The molecule has 0 saturated heterocycles. The Morgan fingerprint density at radius 3 is 2.53 bits per heavy atom. The minimum atomic E-state index is -0.446. The average molecular weight is 203 g/mol. The molecule has 0 N–H and O–H groups in total. The first-order valence-electron chi connectivity index (χ1n) is 4.56. The maximum absolute atomic E-state index is 13.3. The van der Waals surface area contributed by atoms with E-state index in [9.17, 15) is 4.39 Å². The Morgan fingerprint density at radius 1 is 1.13 bits per heavy atom. The van der Waals surface area contributed by atoms with Crippen LogP contribution >= 0.6 is 0 Å². The summed E-state index contributed by atoms with van der Waals surface area (Å²) in [6, 6.07) is 9.46. The molecule has 3 heteroatoms. The number of halogens is 1. The summed E-state index contributed by atoms with van der Waals surface area (Å²) < 4.78 is 18.4. The van der Waals surface area contributed by atoms with Crippen molar-refractivity contribution >= 4 is 0 Å². The quantitative estimate of drug-likeness (QED) is 0.748. The lowest BCUT2D eigenvalue weighted by Crippen LogP contribution is -1.93. The highest BCUT2D eigenvalue weighted by atomic mass is 19.1. The fourth-order valence-electron chi connectivity index (χ4n) is 1.45. The molecule has 15 heavy (non-hydrogen) atoms. The molecule has 76 valence electrons. The molecule has 2 nitrogen and oxygen atoms in total. The molecule has 0 atom stereocenters. The number of nitrogens with zero attached hydrogens (tertiary/aromatic N) is 1. The van der Waals surface area contributed by atoms with Gasteiger partial charge in [0.1, 0.15) is 0 Å². The van der Waals surface area contributed by atoms with Crippen molar-refractivity contribution < 1.29 is 9.13 Å². The third-order valence-corrected chi connectivity index (χ3v) is 2.14. The van der Waals surface area contributed by atoms with E-state index >= 15 is 0 Å². The van der Waals surface area contributed by atoms with Gasteiger partial charge in [0.2, 0.25) is 0 Å². The normalized spacial score (nSPS) is 10.0. The molecule has 1 heterocycles. The van der Waals surface area contributed by atoms with E-state index in [1.165, 1.54) is 7.11 Å². The number of aromatic nitrogens is 1. The molecule has 0 saturated carbocycles. The first-order chi connectivity index (χ1) is 7.33. The van der Waals surface area contributed by atoms with Crippen LogP contribution in [0, 0.1) is 5.82 Å². The second-order valence-corrected chi connectivity index (χ2v) is 3.07. The van der Waals surface area contributed by atoms with Crippen molar-refractivity contribution in [3.05, 3.63) is 48.5 Å². The topological polar surface area (TPSA) is 22.1 Å². The minimum absolute atomic E-state index is 0.233. The maximum atomic E-state index is 13.3. The smallest absolute Gasteiger partial charge is 0.183 e. The Balaban J connectivity index is 2.58. The number of pyridine rings is 1. The van der Waals surface area contributed by atoms with Crippen molar-refractivity contribution in [3.8, 4) is 16.9 Å². The minimum Gasteiger partial charge on any atom is -0.493 e. The Bertz CT molecular complexity index is 456. The monoisotopic (exact) mass is 203 g/mol. The van der Waals surface area contributed by atoms with Crippen LogP contribution in [0.4, 0.5) is 4.39 Å². The predicted molar refractivity (Wildman–Crippen MR) is 56.2 cm³/mol. The maximum Gasteiger partial charge on any atom is 0.183 e. The molecule has 0 bridgehead atoms. The van der Waals surface area contributed by atoms with Crippen LogP contribution in [0.3, 0.4) is 0 Å². The van der Waals surface area contributed by atoms with Gasteiger partial charge >= 0.3 is 0 Å². The van der Waals surface area contributed by atoms with Gasteiger partial charge in [0, 0.05) is 11.8 Å². The first kappa shape index (κ1) is 9.65. The number of ether oxygens (including phenoxy) is 1. The van der Waals surface area contributed by atoms with Gasteiger partial charge < -0.3 is 4.74 Å². The Morgan fingerprint density at radius 2 is 1.87 bits per heavy atom. The van der Waals surface area contributed by atoms with Crippen LogP contribution in [0.15, 0.2) is 42.7 Å². The molecule has 0 fully saturated rings. The van der Waals surface area contributed by atoms with Crippen molar-refractivity contribution in [3.63, 3.8) is 0 Å². The van der Waals surface area contributed by atoms with E-state index in [-0.39, 0.29) is 5.75 Å². The molecule has 1 aromatic heterocycles. The average Bonchev–Trinajstić information content (AvgIpc) is 2.30. The van der Waals surface area contributed by atoms with E-state index in [2.05, 4.69) is 4.98 Å². The third kappa shape index (κ3) is 1.81. The van der Waals surface area contributed by atoms with E-state index in [0.29, 0.717) is 5.56 Å². The van der Waals surface area contributed by atoms with Gasteiger partial charge in [0.15, 0.2) is 11.6 Å². The van der Waals surface area contributed by atoms with Crippen LogP contribution in [-0.4, -0.2) is 12.1 Å². The molecular formula is C12H10FNO. The van der Waals surface area contributed by atoms with Gasteiger partial charge in [-0.3, -0.25) is 4.98 Å². The van der Waals surface area contributed by atoms with E-state index < -0.39 is 5.82 Å². The molecule has 0 spiro atoms. The van der Waals surface area contributed by atoms with Crippen LogP contribution in [0.2, 0.25) is 0 Å². The van der Waals surface area contributed by atoms with E-state index in [1.807, 2.05) is 30.3 Å². The molecule has 2 rings (SSSR count). The largest absolute Gasteiger partial charge is 0.493 e. The SMILES string of the molecule is COc1c(F)cncc1-c1ccccc1. The molecule has 0 unspecified atom stereocenters. The van der Waals surface area contributed by atoms with Gasteiger partial charge in [-0.25, -0.2) is 4.39 Å². The lowest BCUT2D eigenvalue weighted by molar-refractivity contribution is 0.387. The second kappa shape index (κ2) is 4.09. The van der Waals surface area contributed by atoms with Crippen molar-refractivity contribution in [1.82, 2.24) is 4.98 Å². The zero-order valence-corrected chi connectivity index (χ0v) is 8.27. The van der Waals surface area contributed by atoms with Gasteiger partial charge in [-0.2, -0.15) is 0 Å². The molecule has 0 amide bonds. The highest BCUT2D eigenvalue weighted by Gasteiger charge is 2.10. The molecule has 0 aliphatic rings. The van der Waals surface area contributed by atoms with Gasteiger partial charge in [-0.15, -0.1) is 0 Å². The summed E-state index contributed by atoms with van der Waals surface area (Å²) in [6.45, 7) is 0. The standard InChI is InChI=1S/C12H10FNO/c1-15-12-10(7-14-8-11(12)13)9-5-3-2-4-6-9/h2-8H,1H3. The highest BCUT2D eigenvalue weighted by Crippen LogP contribution is 2.30. The van der Waals surface area contributed by atoms with Gasteiger partial charge in [0.05, 0.1) is 13.3 Å². The molecular weight excluding hydrogens is 193 g/mol. The Labute approximate surface area is 87.4 Å². The lowest BCUT2D eigenvalue weighted by Gasteiger charge is -2.08. The van der Waals surface area contributed by atoms with Crippen LogP contribution < -0.4 is 4.74 Å². The molecule has 0 radical (unpaired) electrons. The fourth-order valence-corrected chi connectivity index (χ4v) is 1.45. The number of methoxy groups -OCH3 is 1. The highest BCUT2D eigenvalue weighted by molar-refractivity contribution is 5.69. The summed E-state index contributed by atoms with van der Waals surface area (Å²) in [5.74, 6) is -0.213. The lowest BCUT2D eigenvalue weighted by atomic mass is 10.1. The molecule has 2 aromatic rings. The first-order valence-corrected chi connectivity index (χ1v) is 4.56. The Kier molecular flexibility index (Phi) is 2.63. The zero-order valence-electron chi connectivity index (χ0n) is 8.27. The van der Waals surface area contributed by atoms with E-state index in [0.717, 1.165) is 11.8 Å². The Hall–Kier alpha value is -1.90. The van der Waals surface area contributed by atoms with Crippen LogP contribution in [-0.2, 0) is 0 Å². The third-order valence-electron chi connectivity index (χ3n) is 2.14. The summed E-state index contributed by atoms with van der Waals surface area (Å²) >= 11 is 0. The van der Waals surface area contributed by atoms with E-state index in [1.54, 1.807) is 6.20 Å². The van der Waals surface area contributed by atoms with Crippen LogP contribution in [0.25, 0.3) is 11.1 Å². The summed E-state index contributed by atoms with van der Waals surface area (Å²) in [5.41, 5.74) is 1.56. The van der Waals surface area contributed by atoms with Crippen molar-refractivity contribution in [2.45, 2.75) is 0 Å². The fraction of sp³-hybridized carbons (Fsp3) is 0.0833. The number of benzene rings is 1. The van der Waals surface area contributed by atoms with Crippen molar-refractivity contribution in [2.24, 2.45) is 0 Å². The molecule has 0 aliphatic heterocycles. The van der Waals surface area contributed by atoms with Crippen LogP contribution in [0.1, 0.15) is 0 Å². The van der Waals surface area contributed by atoms with Crippen molar-refractivity contribution in [2.75, 3.05) is 7.11 Å². The number of hydrogen-bond acceptors (Lipinski definition) is 2. The second-order valence-electron chi connectivity index (χ2n) is 3.07. The summed E-state index contributed by atoms with van der Waals surface area (Å²) in [7, 11) is 1.45. The van der Waals surface area contributed by atoms with Gasteiger partial charge in [0.25, 0.3) is 0 Å². The van der Waals surface area contributed by atoms with Gasteiger partial charge in [-0.1, -0.05) is 30.3 Å². The zero-order chi connectivity index (χ0) is 10.7. The van der Waals surface area contributed by atoms with Crippen LogP contribution in [0.5, 0.6) is 5.75 Å². The van der Waals surface area contributed by atoms with Crippen molar-refractivity contribution in [1.29, 1.82) is 0 Å². The van der Waals surface area contributed by atoms with Gasteiger partial charge in [-0.05, 0) is 5.56 Å². The molecule has 1 aromatic carbocycles. The molecule has 0 aliphatic carbocycles. The van der Waals surface area contributed by atoms with E-state index in [4.69, 9.17) is 4.74 Å².